The van der Waals surface area contributed by atoms with Gasteiger partial charge >= 0.3 is 0 Å². The van der Waals surface area contributed by atoms with E-state index in [2.05, 4.69) is 34.9 Å². The molecule has 3 aromatic rings. The van der Waals surface area contributed by atoms with Crippen molar-refractivity contribution in [3.8, 4) is 0 Å². The van der Waals surface area contributed by atoms with Crippen LogP contribution in [0.1, 0.15) is 11.1 Å². The minimum absolute atomic E-state index is 0.0565. The highest BCUT2D eigenvalue weighted by Gasteiger charge is 2.20. The van der Waals surface area contributed by atoms with Gasteiger partial charge in [-0.2, -0.15) is 0 Å². The number of fused-ring (bicyclic) bond motifs is 1. The second-order valence-corrected chi connectivity index (χ2v) is 7.67. The zero-order chi connectivity index (χ0) is 17.4. The van der Waals surface area contributed by atoms with E-state index < -0.39 is 0 Å². The van der Waals surface area contributed by atoms with Crippen LogP contribution < -0.4 is 10.5 Å². The summed E-state index contributed by atoms with van der Waals surface area (Å²) < 4.78 is 2.87. The smallest absolute Gasteiger partial charge is 0.250 e. The van der Waals surface area contributed by atoms with E-state index in [0.29, 0.717) is 0 Å². The maximum absolute atomic E-state index is 11.8. The van der Waals surface area contributed by atoms with Crippen LogP contribution in [0.5, 0.6) is 0 Å². The Bertz CT molecular complexity index is 953. The predicted octanol–water partition coefficient (Wildman–Crippen LogP) is 2.63. The van der Waals surface area contributed by atoms with Gasteiger partial charge in [0.25, 0.3) is 5.56 Å². The first-order valence-electron chi connectivity index (χ1n) is 8.59. The highest BCUT2D eigenvalue weighted by atomic mass is 32.1. The second-order valence-electron chi connectivity index (χ2n) is 6.67. The molecule has 0 N–H and O–H groups in total. The summed E-state index contributed by atoms with van der Waals surface area (Å²) in [5, 5.41) is 1.12. The Morgan fingerprint density at radius 2 is 1.96 bits per heavy atom. The van der Waals surface area contributed by atoms with E-state index in [0.717, 1.165) is 48.9 Å². The van der Waals surface area contributed by atoms with E-state index in [1.807, 2.05) is 12.3 Å². The monoisotopic (exact) mass is 354 g/mol. The number of aryl methyl sites for hydroxylation is 2. The van der Waals surface area contributed by atoms with Crippen LogP contribution in [0.2, 0.25) is 0 Å². The van der Waals surface area contributed by atoms with Crippen molar-refractivity contribution in [3.63, 3.8) is 0 Å². The van der Waals surface area contributed by atoms with Gasteiger partial charge in [0.1, 0.15) is 0 Å². The number of thiazole rings is 1. The van der Waals surface area contributed by atoms with Crippen LogP contribution in [0.25, 0.3) is 10.2 Å². The maximum atomic E-state index is 11.8. The van der Waals surface area contributed by atoms with Crippen LogP contribution in [0.3, 0.4) is 0 Å². The summed E-state index contributed by atoms with van der Waals surface area (Å²) >= 11 is 1.78. The number of piperazine rings is 1. The molecule has 0 radical (unpaired) electrons. The van der Waals surface area contributed by atoms with Gasteiger partial charge in [0, 0.05) is 52.0 Å². The molecule has 3 heterocycles. The van der Waals surface area contributed by atoms with Gasteiger partial charge in [-0.05, 0) is 30.2 Å². The number of anilines is 1. The summed E-state index contributed by atoms with van der Waals surface area (Å²) in [5.74, 6) is 0. The van der Waals surface area contributed by atoms with E-state index >= 15 is 0 Å². The van der Waals surface area contributed by atoms with E-state index in [9.17, 15) is 4.79 Å². The molecule has 4 rings (SSSR count). The number of para-hydroxylation sites is 1. The summed E-state index contributed by atoms with van der Waals surface area (Å²) in [6.07, 6.45) is 1.84. The second kappa shape index (κ2) is 6.61. The normalized spacial score (nSPS) is 15.8. The van der Waals surface area contributed by atoms with Gasteiger partial charge in [0.2, 0.25) is 0 Å². The number of hydrogen-bond donors (Lipinski definition) is 0. The third-order valence-electron chi connectivity index (χ3n) is 4.83. The summed E-state index contributed by atoms with van der Waals surface area (Å²) in [4.78, 5) is 21.4. The van der Waals surface area contributed by atoms with Crippen molar-refractivity contribution in [1.82, 2.24) is 14.5 Å². The number of aromatic nitrogens is 2. The molecule has 0 spiro atoms. The van der Waals surface area contributed by atoms with Crippen molar-refractivity contribution >= 4 is 26.7 Å². The van der Waals surface area contributed by atoms with Crippen LogP contribution in [0.15, 0.2) is 41.3 Å². The quantitative estimate of drug-likeness (QED) is 0.725. The third kappa shape index (κ3) is 3.32. The van der Waals surface area contributed by atoms with Gasteiger partial charge in [0.05, 0.1) is 10.2 Å². The number of nitrogens with zero attached hydrogens (tertiary/aromatic N) is 4. The Morgan fingerprint density at radius 3 is 2.68 bits per heavy atom. The first kappa shape index (κ1) is 16.3. The third-order valence-corrected chi connectivity index (χ3v) is 5.91. The number of benzene rings is 1. The predicted molar refractivity (Wildman–Crippen MR) is 104 cm³/mol. The Balaban J connectivity index is 1.42. The van der Waals surface area contributed by atoms with E-state index in [-0.39, 0.29) is 5.56 Å². The maximum Gasteiger partial charge on any atom is 0.250 e. The average Bonchev–Trinajstić information content (AvgIpc) is 3.05. The van der Waals surface area contributed by atoms with Crippen LogP contribution in [-0.2, 0) is 13.6 Å². The molecule has 0 amide bonds. The Hall–Kier alpha value is -2.18. The van der Waals surface area contributed by atoms with Gasteiger partial charge in [-0.15, -0.1) is 0 Å². The molecule has 0 unspecified atom stereocenters. The molecule has 0 atom stereocenters. The fourth-order valence-corrected chi connectivity index (χ4v) is 4.35. The molecule has 5 nitrogen and oxygen atoms in total. The standard InChI is InChI=1S/C19H22N4OS/c1-14-4-3-5-16-18(14)20-19(25-16)23-10-8-22(9-11-23)13-15-6-7-21(2)17(24)12-15/h3-7,12H,8-11,13H2,1-2H3. The summed E-state index contributed by atoms with van der Waals surface area (Å²) in [7, 11) is 1.78. The van der Waals surface area contributed by atoms with Gasteiger partial charge in [-0.1, -0.05) is 23.5 Å². The molecule has 0 saturated carbocycles. The van der Waals surface area contributed by atoms with Gasteiger partial charge in [-0.25, -0.2) is 4.98 Å². The van der Waals surface area contributed by atoms with Crippen molar-refractivity contribution in [1.29, 1.82) is 0 Å². The Labute approximate surface area is 151 Å². The fourth-order valence-electron chi connectivity index (χ4n) is 3.25. The number of pyridine rings is 1. The first-order chi connectivity index (χ1) is 12.1. The molecule has 1 aliphatic heterocycles. The van der Waals surface area contributed by atoms with Crippen LogP contribution in [0, 0.1) is 6.92 Å². The lowest BCUT2D eigenvalue weighted by Crippen LogP contribution is -2.46. The van der Waals surface area contributed by atoms with Crippen LogP contribution in [0.4, 0.5) is 5.13 Å². The van der Waals surface area contributed by atoms with Crippen molar-refractivity contribution in [2.24, 2.45) is 7.05 Å². The Morgan fingerprint density at radius 1 is 1.16 bits per heavy atom. The molecule has 2 aromatic heterocycles. The molecule has 1 saturated heterocycles. The SMILES string of the molecule is Cc1cccc2sc(N3CCN(Cc4ccn(C)c(=O)c4)CC3)nc12. The lowest BCUT2D eigenvalue weighted by atomic mass is 10.2. The molecule has 0 bridgehead atoms. The molecule has 25 heavy (non-hydrogen) atoms. The van der Waals surface area contributed by atoms with Crippen LogP contribution in [-0.4, -0.2) is 40.6 Å². The topological polar surface area (TPSA) is 41.4 Å². The molecule has 6 heteroatoms. The molecular weight excluding hydrogens is 332 g/mol. The van der Waals surface area contributed by atoms with E-state index in [1.54, 1.807) is 29.0 Å². The molecule has 1 aromatic carbocycles. The highest BCUT2D eigenvalue weighted by Crippen LogP contribution is 2.31. The van der Waals surface area contributed by atoms with Crippen molar-refractivity contribution in [3.05, 3.63) is 58.0 Å². The van der Waals surface area contributed by atoms with Gasteiger partial charge in [-0.3, -0.25) is 9.69 Å². The van der Waals surface area contributed by atoms with Crippen molar-refractivity contribution in [2.75, 3.05) is 31.1 Å². The lowest BCUT2D eigenvalue weighted by Gasteiger charge is -2.34. The molecule has 130 valence electrons. The molecule has 0 aliphatic carbocycles. The zero-order valence-electron chi connectivity index (χ0n) is 14.6. The van der Waals surface area contributed by atoms with Crippen molar-refractivity contribution < 1.29 is 0 Å². The zero-order valence-corrected chi connectivity index (χ0v) is 15.4. The number of rotatable bonds is 3. The van der Waals surface area contributed by atoms with E-state index in [4.69, 9.17) is 4.98 Å². The minimum atomic E-state index is 0.0565. The molecular formula is C19H22N4OS. The Kier molecular flexibility index (Phi) is 4.31. The summed E-state index contributed by atoms with van der Waals surface area (Å²) in [5.41, 5.74) is 3.52. The van der Waals surface area contributed by atoms with E-state index in [1.165, 1.54) is 10.3 Å². The van der Waals surface area contributed by atoms with Gasteiger partial charge < -0.3 is 9.47 Å². The molecule has 1 aliphatic rings. The number of hydrogen-bond acceptors (Lipinski definition) is 5. The largest absolute Gasteiger partial charge is 0.345 e. The summed E-state index contributed by atoms with van der Waals surface area (Å²) in [6, 6.07) is 10.1. The molecule has 1 fully saturated rings. The fraction of sp³-hybridized carbons (Fsp3) is 0.368. The van der Waals surface area contributed by atoms with Crippen molar-refractivity contribution in [2.45, 2.75) is 13.5 Å². The average molecular weight is 354 g/mol. The summed E-state index contributed by atoms with van der Waals surface area (Å²) in [6.45, 7) is 6.89. The first-order valence-corrected chi connectivity index (χ1v) is 9.41. The lowest BCUT2D eigenvalue weighted by molar-refractivity contribution is 0.249. The highest BCUT2D eigenvalue weighted by molar-refractivity contribution is 7.22. The minimum Gasteiger partial charge on any atom is -0.345 e. The van der Waals surface area contributed by atoms with Gasteiger partial charge in [0.15, 0.2) is 5.13 Å². The van der Waals surface area contributed by atoms with Crippen LogP contribution >= 0.6 is 11.3 Å².